The molecule has 0 amide bonds. The quantitative estimate of drug-likeness (QED) is 0.562. The molecule has 17 heavy (non-hydrogen) atoms. The predicted molar refractivity (Wildman–Crippen MR) is 64.1 cm³/mol. The van der Waals surface area contributed by atoms with Crippen LogP contribution in [0.5, 0.6) is 0 Å². The molecule has 1 aliphatic carbocycles. The molecule has 1 aliphatic rings. The highest BCUT2D eigenvalue weighted by atomic mass is 16.5. The Morgan fingerprint density at radius 3 is 2.59 bits per heavy atom. The minimum Gasteiger partial charge on any atom is -0.480 e. The van der Waals surface area contributed by atoms with Crippen molar-refractivity contribution in [3.05, 3.63) is 0 Å². The summed E-state index contributed by atoms with van der Waals surface area (Å²) in [5.74, 6) is -0.793. The van der Waals surface area contributed by atoms with Crippen molar-refractivity contribution >= 4 is 5.97 Å². The Bertz CT molecular complexity index is 229. The van der Waals surface area contributed by atoms with E-state index >= 15 is 0 Å². The Morgan fingerprint density at radius 2 is 2.06 bits per heavy atom. The minimum atomic E-state index is -0.793. The highest BCUT2D eigenvalue weighted by Crippen LogP contribution is 2.19. The molecule has 1 rings (SSSR count). The van der Waals surface area contributed by atoms with Gasteiger partial charge in [-0.05, 0) is 33.1 Å². The van der Waals surface area contributed by atoms with Crippen molar-refractivity contribution < 1.29 is 19.4 Å². The molecular formula is C12H23NO4. The average molecular weight is 245 g/mol. The first-order chi connectivity index (χ1) is 8.09. The summed E-state index contributed by atoms with van der Waals surface area (Å²) >= 11 is 0. The van der Waals surface area contributed by atoms with Crippen LogP contribution in [0, 0.1) is 0 Å². The van der Waals surface area contributed by atoms with Gasteiger partial charge in [0, 0.05) is 12.6 Å². The third-order valence-corrected chi connectivity index (χ3v) is 2.54. The van der Waals surface area contributed by atoms with Crippen LogP contribution in [0.1, 0.15) is 33.1 Å². The number of nitrogens with one attached hydrogen (secondary N) is 1. The molecule has 0 aromatic heterocycles. The van der Waals surface area contributed by atoms with Gasteiger partial charge in [0.05, 0.1) is 19.3 Å². The van der Waals surface area contributed by atoms with E-state index in [9.17, 15) is 4.79 Å². The molecule has 0 spiro atoms. The van der Waals surface area contributed by atoms with Gasteiger partial charge in [-0.1, -0.05) is 0 Å². The van der Waals surface area contributed by atoms with Gasteiger partial charge in [0.15, 0.2) is 0 Å². The number of hydrogen-bond acceptors (Lipinski definition) is 4. The normalized spacial score (nSPS) is 17.4. The second-order valence-electron chi connectivity index (χ2n) is 4.65. The van der Waals surface area contributed by atoms with Crippen LogP contribution < -0.4 is 5.32 Å². The van der Waals surface area contributed by atoms with Crippen molar-refractivity contribution in [1.29, 1.82) is 0 Å². The van der Waals surface area contributed by atoms with Gasteiger partial charge in [0.1, 0.15) is 6.04 Å². The van der Waals surface area contributed by atoms with E-state index in [2.05, 4.69) is 5.32 Å². The maximum absolute atomic E-state index is 10.9. The van der Waals surface area contributed by atoms with Crippen LogP contribution in [-0.4, -0.2) is 49.1 Å². The summed E-state index contributed by atoms with van der Waals surface area (Å²) in [5, 5.41) is 12.1. The molecule has 1 atom stereocenters. The van der Waals surface area contributed by atoms with Crippen molar-refractivity contribution in [1.82, 2.24) is 5.32 Å². The van der Waals surface area contributed by atoms with Gasteiger partial charge in [-0.15, -0.1) is 0 Å². The molecule has 0 aliphatic heterocycles. The lowest BCUT2D eigenvalue weighted by atomic mass is 10.2. The molecule has 1 fully saturated rings. The number of carboxylic acids is 1. The van der Waals surface area contributed by atoms with Crippen molar-refractivity contribution in [2.24, 2.45) is 0 Å². The maximum atomic E-state index is 10.9. The zero-order valence-electron chi connectivity index (χ0n) is 10.6. The molecule has 2 N–H and O–H groups in total. The van der Waals surface area contributed by atoms with E-state index in [0.717, 1.165) is 12.8 Å². The predicted octanol–water partition coefficient (Wildman–Crippen LogP) is 1.02. The Hall–Kier alpha value is -0.650. The first-order valence-corrected chi connectivity index (χ1v) is 6.27. The van der Waals surface area contributed by atoms with Crippen molar-refractivity contribution in [3.63, 3.8) is 0 Å². The molecule has 100 valence electrons. The highest BCUT2D eigenvalue weighted by molar-refractivity contribution is 5.73. The van der Waals surface area contributed by atoms with Gasteiger partial charge in [0.25, 0.3) is 0 Å². The van der Waals surface area contributed by atoms with E-state index < -0.39 is 12.0 Å². The van der Waals surface area contributed by atoms with Gasteiger partial charge in [-0.25, -0.2) is 0 Å². The average Bonchev–Trinajstić information content (AvgIpc) is 3.04. The zero-order chi connectivity index (χ0) is 12.7. The number of aliphatic carboxylic acids is 1. The molecule has 0 heterocycles. The van der Waals surface area contributed by atoms with Crippen LogP contribution in [0.15, 0.2) is 0 Å². The first-order valence-electron chi connectivity index (χ1n) is 6.27. The van der Waals surface area contributed by atoms with E-state index in [4.69, 9.17) is 14.6 Å². The second kappa shape index (κ2) is 7.63. The lowest BCUT2D eigenvalue weighted by Gasteiger charge is -2.14. The lowest BCUT2D eigenvalue weighted by molar-refractivity contribution is -0.140. The van der Waals surface area contributed by atoms with Crippen LogP contribution in [0.4, 0.5) is 0 Å². The Labute approximate surface area is 102 Å². The number of carbonyl (C=O) groups is 1. The molecule has 1 unspecified atom stereocenters. The summed E-state index contributed by atoms with van der Waals surface area (Å²) in [4.78, 5) is 10.9. The standard InChI is InChI=1S/C12H23NO4/c1-9(2)17-8-7-16-6-5-11(12(14)15)13-10-3-4-10/h9-11,13H,3-8H2,1-2H3,(H,14,15). The third-order valence-electron chi connectivity index (χ3n) is 2.54. The molecule has 5 heteroatoms. The Kier molecular flexibility index (Phi) is 6.47. The molecular weight excluding hydrogens is 222 g/mol. The summed E-state index contributed by atoms with van der Waals surface area (Å²) < 4.78 is 10.7. The van der Waals surface area contributed by atoms with Gasteiger partial charge in [0.2, 0.25) is 0 Å². The summed E-state index contributed by atoms with van der Waals surface area (Å²) in [5.41, 5.74) is 0. The van der Waals surface area contributed by atoms with Crippen molar-refractivity contribution in [3.8, 4) is 0 Å². The monoisotopic (exact) mass is 245 g/mol. The molecule has 0 bridgehead atoms. The van der Waals surface area contributed by atoms with Crippen LogP contribution in [0.2, 0.25) is 0 Å². The van der Waals surface area contributed by atoms with Crippen LogP contribution in [0.25, 0.3) is 0 Å². The van der Waals surface area contributed by atoms with E-state index in [1.165, 1.54) is 0 Å². The summed E-state index contributed by atoms with van der Waals surface area (Å²) in [7, 11) is 0. The van der Waals surface area contributed by atoms with Crippen LogP contribution in [0.3, 0.4) is 0 Å². The van der Waals surface area contributed by atoms with Gasteiger partial charge in [-0.2, -0.15) is 0 Å². The van der Waals surface area contributed by atoms with Gasteiger partial charge >= 0.3 is 5.97 Å². The molecule has 1 saturated carbocycles. The third kappa shape index (κ3) is 7.31. The van der Waals surface area contributed by atoms with E-state index in [1.807, 2.05) is 13.8 Å². The SMILES string of the molecule is CC(C)OCCOCCC(NC1CC1)C(=O)O. The smallest absolute Gasteiger partial charge is 0.320 e. The molecule has 0 aromatic rings. The largest absolute Gasteiger partial charge is 0.480 e. The van der Waals surface area contributed by atoms with Gasteiger partial charge in [-0.3, -0.25) is 4.79 Å². The van der Waals surface area contributed by atoms with Gasteiger partial charge < -0.3 is 19.9 Å². The summed E-state index contributed by atoms with van der Waals surface area (Å²) in [6.07, 6.45) is 2.90. The molecule has 5 nitrogen and oxygen atoms in total. The lowest BCUT2D eigenvalue weighted by Crippen LogP contribution is -2.39. The van der Waals surface area contributed by atoms with Crippen LogP contribution in [-0.2, 0) is 14.3 Å². The Balaban J connectivity index is 2.00. The summed E-state index contributed by atoms with van der Waals surface area (Å²) in [6.45, 7) is 5.48. The zero-order valence-corrected chi connectivity index (χ0v) is 10.6. The highest BCUT2D eigenvalue weighted by Gasteiger charge is 2.27. The minimum absolute atomic E-state index is 0.210. The summed E-state index contributed by atoms with van der Waals surface area (Å²) in [6, 6.07) is -0.0751. The van der Waals surface area contributed by atoms with E-state index in [1.54, 1.807) is 0 Å². The number of ether oxygens (including phenoxy) is 2. The molecule has 0 saturated heterocycles. The number of carboxylic acid groups (broad SMARTS) is 1. The second-order valence-corrected chi connectivity index (χ2v) is 4.65. The molecule has 0 radical (unpaired) electrons. The fourth-order valence-corrected chi connectivity index (χ4v) is 1.46. The fourth-order valence-electron chi connectivity index (χ4n) is 1.46. The van der Waals surface area contributed by atoms with Crippen LogP contribution >= 0.6 is 0 Å². The van der Waals surface area contributed by atoms with E-state index in [0.29, 0.717) is 32.3 Å². The topological polar surface area (TPSA) is 67.8 Å². The molecule has 0 aromatic carbocycles. The Morgan fingerprint density at radius 1 is 1.35 bits per heavy atom. The fraction of sp³-hybridized carbons (Fsp3) is 0.917. The van der Waals surface area contributed by atoms with Crippen molar-refractivity contribution in [2.75, 3.05) is 19.8 Å². The number of hydrogen-bond donors (Lipinski definition) is 2. The maximum Gasteiger partial charge on any atom is 0.320 e. The van der Waals surface area contributed by atoms with E-state index in [-0.39, 0.29) is 6.10 Å². The number of rotatable bonds is 10. The first kappa shape index (κ1) is 14.4. The van der Waals surface area contributed by atoms with Crippen molar-refractivity contribution in [2.45, 2.75) is 51.3 Å².